The molecule has 0 amide bonds. The van der Waals surface area contributed by atoms with Gasteiger partial charge in [0, 0.05) is 12.6 Å². The third kappa shape index (κ3) is 4.80. The molecule has 8 nitrogen and oxygen atoms in total. The molecule has 0 bridgehead atoms. The van der Waals surface area contributed by atoms with E-state index in [0.717, 1.165) is 5.56 Å². The minimum atomic E-state index is -3.88. The molecule has 0 saturated heterocycles. The van der Waals surface area contributed by atoms with E-state index in [0.29, 0.717) is 17.1 Å². The highest BCUT2D eigenvalue weighted by atomic mass is 32.2. The van der Waals surface area contributed by atoms with Gasteiger partial charge in [-0.3, -0.25) is 4.72 Å². The standard InChI is InChI=1S/C20H21N3O5S/c1-12-6-5-7-16(10-12)23-29(25,26)17-9-8-13(2)18(11-17)20(24)27-14(3)19-22-21-15(4)28-19/h5-11,14,23H,1-4H3. The van der Waals surface area contributed by atoms with Gasteiger partial charge < -0.3 is 9.15 Å². The molecule has 0 spiro atoms. The first-order valence-electron chi connectivity index (χ1n) is 8.87. The van der Waals surface area contributed by atoms with Crippen LogP contribution >= 0.6 is 0 Å². The summed E-state index contributed by atoms with van der Waals surface area (Å²) in [7, 11) is -3.88. The number of nitrogens with zero attached hydrogens (tertiary/aromatic N) is 2. The number of rotatable bonds is 6. The second-order valence-electron chi connectivity index (χ2n) is 6.66. The van der Waals surface area contributed by atoms with Crippen molar-refractivity contribution in [1.82, 2.24) is 10.2 Å². The Labute approximate surface area is 169 Å². The number of hydrogen-bond donors (Lipinski definition) is 1. The maximum absolute atomic E-state index is 12.7. The van der Waals surface area contributed by atoms with Crippen molar-refractivity contribution in [3.63, 3.8) is 0 Å². The van der Waals surface area contributed by atoms with Gasteiger partial charge >= 0.3 is 5.97 Å². The molecule has 1 unspecified atom stereocenters. The number of ether oxygens (including phenoxy) is 1. The molecular weight excluding hydrogens is 394 g/mol. The summed E-state index contributed by atoms with van der Waals surface area (Å²) in [6.45, 7) is 6.79. The van der Waals surface area contributed by atoms with E-state index in [-0.39, 0.29) is 16.3 Å². The summed E-state index contributed by atoms with van der Waals surface area (Å²) in [6.07, 6.45) is -0.770. The topological polar surface area (TPSA) is 111 Å². The molecule has 29 heavy (non-hydrogen) atoms. The molecule has 0 saturated carbocycles. The quantitative estimate of drug-likeness (QED) is 0.611. The summed E-state index contributed by atoms with van der Waals surface area (Å²) in [5.41, 5.74) is 2.08. The highest BCUT2D eigenvalue weighted by Crippen LogP contribution is 2.23. The lowest BCUT2D eigenvalue weighted by Crippen LogP contribution is -2.16. The van der Waals surface area contributed by atoms with Crippen LogP contribution in [-0.4, -0.2) is 24.6 Å². The van der Waals surface area contributed by atoms with Crippen LogP contribution in [0.4, 0.5) is 5.69 Å². The Kier molecular flexibility index (Phi) is 5.69. The normalized spacial score (nSPS) is 12.4. The lowest BCUT2D eigenvalue weighted by Gasteiger charge is -2.13. The van der Waals surface area contributed by atoms with Gasteiger partial charge in [-0.2, -0.15) is 0 Å². The van der Waals surface area contributed by atoms with E-state index in [1.54, 1.807) is 45.0 Å². The van der Waals surface area contributed by atoms with Crippen LogP contribution in [0.5, 0.6) is 0 Å². The molecule has 3 aromatic rings. The lowest BCUT2D eigenvalue weighted by atomic mass is 10.1. The zero-order chi connectivity index (χ0) is 21.2. The molecule has 0 aliphatic carbocycles. The Bertz CT molecular complexity index is 1150. The van der Waals surface area contributed by atoms with Gasteiger partial charge in [0.25, 0.3) is 15.9 Å². The predicted molar refractivity (Wildman–Crippen MR) is 106 cm³/mol. The molecule has 1 atom stereocenters. The SMILES string of the molecule is Cc1cccc(NS(=O)(=O)c2ccc(C)c(C(=O)OC(C)c3nnc(C)o3)c2)c1. The summed E-state index contributed by atoms with van der Waals surface area (Å²) < 4.78 is 38.6. The van der Waals surface area contributed by atoms with E-state index in [1.807, 2.05) is 13.0 Å². The van der Waals surface area contributed by atoms with Gasteiger partial charge in [0.15, 0.2) is 6.10 Å². The zero-order valence-corrected chi connectivity index (χ0v) is 17.3. The minimum absolute atomic E-state index is 0.0437. The second-order valence-corrected chi connectivity index (χ2v) is 8.34. The van der Waals surface area contributed by atoms with Crippen LogP contribution < -0.4 is 4.72 Å². The fourth-order valence-electron chi connectivity index (χ4n) is 2.66. The van der Waals surface area contributed by atoms with Gasteiger partial charge in [0.05, 0.1) is 10.5 Å². The van der Waals surface area contributed by atoms with E-state index < -0.39 is 22.1 Å². The third-order valence-corrected chi connectivity index (χ3v) is 5.56. The van der Waals surface area contributed by atoms with Gasteiger partial charge in [-0.05, 0) is 56.2 Å². The van der Waals surface area contributed by atoms with Crippen molar-refractivity contribution >= 4 is 21.7 Å². The van der Waals surface area contributed by atoms with Crippen molar-refractivity contribution in [3.05, 3.63) is 70.9 Å². The smallest absolute Gasteiger partial charge is 0.339 e. The van der Waals surface area contributed by atoms with E-state index >= 15 is 0 Å². The van der Waals surface area contributed by atoms with E-state index in [9.17, 15) is 13.2 Å². The minimum Gasteiger partial charge on any atom is -0.449 e. The number of aromatic nitrogens is 2. The average molecular weight is 415 g/mol. The summed E-state index contributed by atoms with van der Waals surface area (Å²) in [5.74, 6) is -0.161. The molecule has 2 aromatic carbocycles. The van der Waals surface area contributed by atoms with Crippen molar-refractivity contribution in [1.29, 1.82) is 0 Å². The maximum atomic E-state index is 12.7. The number of anilines is 1. The van der Waals surface area contributed by atoms with Crippen LogP contribution in [-0.2, 0) is 14.8 Å². The van der Waals surface area contributed by atoms with E-state index in [4.69, 9.17) is 9.15 Å². The number of carbonyl (C=O) groups excluding carboxylic acids is 1. The molecule has 1 aromatic heterocycles. The Morgan fingerprint density at radius 2 is 1.86 bits per heavy atom. The highest BCUT2D eigenvalue weighted by molar-refractivity contribution is 7.92. The molecule has 152 valence electrons. The van der Waals surface area contributed by atoms with Crippen LogP contribution in [0.2, 0.25) is 0 Å². The van der Waals surface area contributed by atoms with Crippen molar-refractivity contribution in [2.45, 2.75) is 38.7 Å². The Balaban J connectivity index is 1.84. The first-order chi connectivity index (χ1) is 13.7. The van der Waals surface area contributed by atoms with Crippen LogP contribution in [0, 0.1) is 20.8 Å². The van der Waals surface area contributed by atoms with Crippen LogP contribution in [0.3, 0.4) is 0 Å². The summed E-state index contributed by atoms with van der Waals surface area (Å²) in [4.78, 5) is 12.6. The zero-order valence-electron chi connectivity index (χ0n) is 16.5. The number of aryl methyl sites for hydroxylation is 3. The highest BCUT2D eigenvalue weighted by Gasteiger charge is 2.22. The van der Waals surface area contributed by atoms with Crippen molar-refractivity contribution in [2.75, 3.05) is 4.72 Å². The molecule has 9 heteroatoms. The van der Waals surface area contributed by atoms with Crippen molar-refractivity contribution in [3.8, 4) is 0 Å². The van der Waals surface area contributed by atoms with E-state index in [2.05, 4.69) is 14.9 Å². The van der Waals surface area contributed by atoms with Gasteiger partial charge in [-0.1, -0.05) is 18.2 Å². The summed E-state index contributed by atoms with van der Waals surface area (Å²) in [6, 6.07) is 11.3. The van der Waals surface area contributed by atoms with Crippen molar-refractivity contribution < 1.29 is 22.4 Å². The molecule has 0 aliphatic rings. The van der Waals surface area contributed by atoms with E-state index in [1.165, 1.54) is 12.1 Å². The number of sulfonamides is 1. The predicted octanol–water partition coefficient (Wildman–Crippen LogP) is 3.71. The monoisotopic (exact) mass is 415 g/mol. The molecule has 1 heterocycles. The van der Waals surface area contributed by atoms with Crippen LogP contribution in [0.1, 0.15) is 46.3 Å². The van der Waals surface area contributed by atoms with Crippen LogP contribution in [0.15, 0.2) is 51.8 Å². The Hall–Kier alpha value is -3.20. The third-order valence-electron chi connectivity index (χ3n) is 4.18. The molecular formula is C20H21N3O5S. The number of carbonyl (C=O) groups is 1. The molecule has 0 radical (unpaired) electrons. The second kappa shape index (κ2) is 8.04. The lowest BCUT2D eigenvalue weighted by molar-refractivity contribution is 0.0275. The maximum Gasteiger partial charge on any atom is 0.339 e. The Morgan fingerprint density at radius 1 is 1.10 bits per heavy atom. The van der Waals surface area contributed by atoms with Crippen LogP contribution in [0.25, 0.3) is 0 Å². The van der Waals surface area contributed by atoms with Gasteiger partial charge in [0.1, 0.15) is 0 Å². The fourth-order valence-corrected chi connectivity index (χ4v) is 3.74. The first kappa shape index (κ1) is 20.5. The van der Waals surface area contributed by atoms with Crippen molar-refractivity contribution in [2.24, 2.45) is 0 Å². The summed E-state index contributed by atoms with van der Waals surface area (Å²) >= 11 is 0. The number of hydrogen-bond acceptors (Lipinski definition) is 7. The molecule has 0 aliphatic heterocycles. The summed E-state index contributed by atoms with van der Waals surface area (Å²) in [5, 5.41) is 7.53. The van der Waals surface area contributed by atoms with Gasteiger partial charge in [0.2, 0.25) is 5.89 Å². The number of esters is 1. The largest absolute Gasteiger partial charge is 0.449 e. The first-order valence-corrected chi connectivity index (χ1v) is 10.3. The van der Waals surface area contributed by atoms with Gasteiger partial charge in [-0.15, -0.1) is 10.2 Å². The Morgan fingerprint density at radius 3 is 2.52 bits per heavy atom. The number of nitrogens with one attached hydrogen (secondary N) is 1. The molecule has 1 N–H and O–H groups in total. The van der Waals surface area contributed by atoms with Gasteiger partial charge in [-0.25, -0.2) is 13.2 Å². The molecule has 0 fully saturated rings. The average Bonchev–Trinajstić information content (AvgIpc) is 3.08. The number of benzene rings is 2. The fraction of sp³-hybridized carbons (Fsp3) is 0.250. The molecule has 3 rings (SSSR count).